The smallest absolute Gasteiger partial charge is 0.252 e. The predicted octanol–water partition coefficient (Wildman–Crippen LogP) is 3.69. The molecule has 2 aliphatic rings. The number of hydrogen-bond acceptors (Lipinski definition) is 8. The van der Waals surface area contributed by atoms with E-state index in [9.17, 15) is 13.6 Å². The highest BCUT2D eigenvalue weighted by molar-refractivity contribution is 6.46. The molecule has 1 atom stereocenters. The fourth-order valence-electron chi connectivity index (χ4n) is 3.99. The summed E-state index contributed by atoms with van der Waals surface area (Å²) in [5.74, 6) is -1.60. The van der Waals surface area contributed by atoms with E-state index in [2.05, 4.69) is 20.6 Å². The minimum Gasteiger partial charge on any atom is -0.494 e. The van der Waals surface area contributed by atoms with Crippen molar-refractivity contribution in [3.8, 4) is 5.75 Å². The number of rotatable bonds is 10. The number of amides is 1. The van der Waals surface area contributed by atoms with Crippen LogP contribution in [0.1, 0.15) is 22.0 Å². The number of nitrogens with one attached hydrogen (secondary N) is 2. The number of amidine groups is 2. The van der Waals surface area contributed by atoms with Crippen molar-refractivity contribution in [3.63, 3.8) is 0 Å². The van der Waals surface area contributed by atoms with Crippen LogP contribution in [0.4, 0.5) is 14.5 Å². The molecule has 202 valence electrons. The first-order valence-corrected chi connectivity index (χ1v) is 12.3. The highest BCUT2D eigenvalue weighted by atomic mass is 35.5. The van der Waals surface area contributed by atoms with Gasteiger partial charge in [-0.05, 0) is 38.4 Å². The van der Waals surface area contributed by atoms with E-state index < -0.39 is 17.7 Å². The first-order valence-electron chi connectivity index (χ1n) is 12.0. The molecule has 0 bridgehead atoms. The van der Waals surface area contributed by atoms with Crippen LogP contribution in [0.2, 0.25) is 5.02 Å². The van der Waals surface area contributed by atoms with Crippen molar-refractivity contribution in [2.45, 2.75) is 6.04 Å². The lowest BCUT2D eigenvalue weighted by molar-refractivity contribution is 0.0900. The molecule has 9 nitrogen and oxygen atoms in total. The second-order valence-electron chi connectivity index (χ2n) is 8.84. The number of ether oxygens (including phenoxy) is 2. The summed E-state index contributed by atoms with van der Waals surface area (Å²) in [6.07, 6.45) is 3.20. The molecular weight excluding hydrogens is 518 g/mol. The van der Waals surface area contributed by atoms with Crippen molar-refractivity contribution in [2.75, 3.05) is 59.4 Å². The van der Waals surface area contributed by atoms with Crippen molar-refractivity contribution in [3.05, 3.63) is 70.5 Å². The van der Waals surface area contributed by atoms with Gasteiger partial charge in [0.1, 0.15) is 0 Å². The second-order valence-corrected chi connectivity index (χ2v) is 9.25. The van der Waals surface area contributed by atoms with E-state index in [0.29, 0.717) is 42.7 Å². The van der Waals surface area contributed by atoms with Crippen molar-refractivity contribution in [1.29, 1.82) is 0 Å². The molecule has 0 radical (unpaired) electrons. The zero-order chi connectivity index (χ0) is 27.2. The first kappa shape index (κ1) is 27.5. The highest BCUT2D eigenvalue weighted by Crippen LogP contribution is 2.34. The van der Waals surface area contributed by atoms with Crippen LogP contribution in [0.15, 0.2) is 52.7 Å². The molecule has 0 spiro atoms. The number of halogens is 3. The zero-order valence-electron chi connectivity index (χ0n) is 21.3. The van der Waals surface area contributed by atoms with Crippen LogP contribution >= 0.6 is 11.6 Å². The van der Waals surface area contributed by atoms with Crippen LogP contribution in [0, 0.1) is 11.6 Å². The highest BCUT2D eigenvalue weighted by Gasteiger charge is 2.35. The lowest BCUT2D eigenvalue weighted by atomic mass is 10.0. The van der Waals surface area contributed by atoms with Gasteiger partial charge in [0.2, 0.25) is 5.82 Å². The predicted molar refractivity (Wildman–Crippen MR) is 143 cm³/mol. The standard InChI is InChI=1S/C26H29ClF2N6O3/c1-34(2)11-13-38-12-9-31-26(36)17-5-4-16(14-19(17)27)33-24-25-32-15-20(35(25)10-8-30-24)18-6-7-21(37-3)23(29)22(18)28/h4-8,10,14,20H,9,11-13,15H2,1-3H3,(H,30,33)(H,31,36). The summed E-state index contributed by atoms with van der Waals surface area (Å²) in [6.45, 7) is 2.36. The van der Waals surface area contributed by atoms with E-state index in [1.54, 1.807) is 35.5 Å². The lowest BCUT2D eigenvalue weighted by Crippen LogP contribution is -2.37. The van der Waals surface area contributed by atoms with Crippen LogP contribution in [0.25, 0.3) is 0 Å². The van der Waals surface area contributed by atoms with Crippen LogP contribution in [-0.4, -0.2) is 81.4 Å². The molecule has 0 fully saturated rings. The third-order valence-electron chi connectivity index (χ3n) is 5.98. The summed E-state index contributed by atoms with van der Waals surface area (Å²) in [4.78, 5) is 25.1. The first-order chi connectivity index (χ1) is 18.3. The number of anilines is 1. The van der Waals surface area contributed by atoms with Crippen molar-refractivity contribution in [2.24, 2.45) is 9.98 Å². The van der Waals surface area contributed by atoms with Gasteiger partial charge < -0.3 is 29.9 Å². The van der Waals surface area contributed by atoms with E-state index in [1.807, 2.05) is 19.0 Å². The quantitative estimate of drug-likeness (QED) is 0.442. The molecule has 1 unspecified atom stereocenters. The summed E-state index contributed by atoms with van der Waals surface area (Å²) >= 11 is 6.39. The van der Waals surface area contributed by atoms with Gasteiger partial charge in [-0.15, -0.1) is 0 Å². The van der Waals surface area contributed by atoms with Gasteiger partial charge >= 0.3 is 0 Å². The number of carbonyl (C=O) groups excluding carboxylic acids is 1. The Balaban J connectivity index is 1.38. The molecule has 2 aliphatic heterocycles. The molecule has 2 N–H and O–H groups in total. The van der Waals surface area contributed by atoms with Crippen molar-refractivity contribution < 1.29 is 23.0 Å². The maximum absolute atomic E-state index is 14.8. The number of benzene rings is 2. The minimum atomic E-state index is -1.04. The Morgan fingerprint density at radius 3 is 2.76 bits per heavy atom. The van der Waals surface area contributed by atoms with Crippen molar-refractivity contribution in [1.82, 2.24) is 15.1 Å². The Kier molecular flexibility index (Phi) is 8.93. The molecule has 0 saturated carbocycles. The molecule has 0 saturated heterocycles. The van der Waals surface area contributed by atoms with Gasteiger partial charge in [0, 0.05) is 36.7 Å². The van der Waals surface area contributed by atoms with Crippen molar-refractivity contribution >= 4 is 34.9 Å². The molecule has 2 aromatic rings. The molecular formula is C26H29ClF2N6O3. The Labute approximate surface area is 224 Å². The van der Waals surface area contributed by atoms with Gasteiger partial charge in [0.15, 0.2) is 23.2 Å². The molecule has 0 aromatic heterocycles. The molecule has 0 aliphatic carbocycles. The SMILES string of the molecule is COc1ccc(C2CN=C3C(Nc4ccc(C(=O)NCCOCCN(C)C)c(Cl)c4)=NC=CN32)c(F)c1F. The van der Waals surface area contributed by atoms with Crippen LogP contribution in [0.5, 0.6) is 5.75 Å². The molecule has 2 aromatic carbocycles. The molecule has 1 amide bonds. The summed E-state index contributed by atoms with van der Waals surface area (Å²) in [6, 6.07) is 7.26. The summed E-state index contributed by atoms with van der Waals surface area (Å²) in [5.41, 5.74) is 1.07. The third-order valence-corrected chi connectivity index (χ3v) is 6.30. The van der Waals surface area contributed by atoms with E-state index in [0.717, 1.165) is 6.54 Å². The van der Waals surface area contributed by atoms with E-state index in [4.69, 9.17) is 21.1 Å². The summed E-state index contributed by atoms with van der Waals surface area (Å²) in [5, 5.41) is 6.19. The molecule has 4 rings (SSSR count). The van der Waals surface area contributed by atoms with E-state index in [1.165, 1.54) is 19.2 Å². The second kappa shape index (κ2) is 12.3. The maximum Gasteiger partial charge on any atom is 0.252 e. The largest absolute Gasteiger partial charge is 0.494 e. The summed E-state index contributed by atoms with van der Waals surface area (Å²) in [7, 11) is 5.21. The van der Waals surface area contributed by atoms with Crippen LogP contribution in [-0.2, 0) is 4.74 Å². The van der Waals surface area contributed by atoms with E-state index >= 15 is 0 Å². The Bertz CT molecular complexity index is 1280. The Hall–Kier alpha value is -3.54. The average Bonchev–Trinajstić information content (AvgIpc) is 3.32. The van der Waals surface area contributed by atoms with Gasteiger partial charge in [-0.2, -0.15) is 4.39 Å². The van der Waals surface area contributed by atoms with E-state index in [-0.39, 0.29) is 28.8 Å². The van der Waals surface area contributed by atoms with Gasteiger partial charge in [-0.3, -0.25) is 9.79 Å². The normalized spacial score (nSPS) is 16.3. The Morgan fingerprint density at radius 2 is 2.03 bits per heavy atom. The number of likely N-dealkylation sites (N-methyl/N-ethyl adjacent to an activating group) is 1. The van der Waals surface area contributed by atoms with Gasteiger partial charge in [0.25, 0.3) is 5.91 Å². The summed E-state index contributed by atoms with van der Waals surface area (Å²) < 4.78 is 39.4. The van der Waals surface area contributed by atoms with Gasteiger partial charge in [-0.1, -0.05) is 17.7 Å². The molecule has 38 heavy (non-hydrogen) atoms. The average molecular weight is 547 g/mol. The Morgan fingerprint density at radius 1 is 1.21 bits per heavy atom. The maximum atomic E-state index is 14.8. The number of methoxy groups -OCH3 is 1. The number of carbonyl (C=O) groups is 1. The number of aliphatic imine (C=N–C) groups is 2. The fraction of sp³-hybridized carbons (Fsp3) is 0.346. The number of hydrogen-bond donors (Lipinski definition) is 2. The number of nitrogens with zero attached hydrogens (tertiary/aromatic N) is 4. The zero-order valence-corrected chi connectivity index (χ0v) is 22.1. The molecule has 12 heteroatoms. The minimum absolute atomic E-state index is 0.161. The van der Waals surface area contributed by atoms with Crippen LogP contribution in [0.3, 0.4) is 0 Å². The monoisotopic (exact) mass is 546 g/mol. The fourth-order valence-corrected chi connectivity index (χ4v) is 4.26. The van der Waals surface area contributed by atoms with Gasteiger partial charge in [-0.25, -0.2) is 9.38 Å². The van der Waals surface area contributed by atoms with Gasteiger partial charge in [0.05, 0.1) is 43.5 Å². The molecule has 2 heterocycles. The number of fused-ring (bicyclic) bond motifs is 1. The lowest BCUT2D eigenvalue weighted by Gasteiger charge is -2.27. The topological polar surface area (TPSA) is 90.8 Å². The third kappa shape index (κ3) is 6.12. The van der Waals surface area contributed by atoms with Crippen LogP contribution < -0.4 is 15.4 Å².